The second-order valence-electron chi connectivity index (χ2n) is 6.39. The molecule has 1 fully saturated rings. The summed E-state index contributed by atoms with van der Waals surface area (Å²) in [5.41, 5.74) is 7.04. The van der Waals surface area contributed by atoms with Crippen LogP contribution in [0.3, 0.4) is 0 Å². The smallest absolute Gasteiger partial charge is 0.145 e. The minimum absolute atomic E-state index is 0.468. The normalized spacial score (nSPS) is 18.9. The van der Waals surface area contributed by atoms with Crippen molar-refractivity contribution in [3.8, 4) is 0 Å². The van der Waals surface area contributed by atoms with Crippen molar-refractivity contribution in [1.82, 2.24) is 24.6 Å². The van der Waals surface area contributed by atoms with Gasteiger partial charge in [-0.05, 0) is 37.6 Å². The first-order chi connectivity index (χ1) is 11.8. The third kappa shape index (κ3) is 3.10. The van der Waals surface area contributed by atoms with Crippen LogP contribution in [-0.4, -0.2) is 37.2 Å². The number of piperidine rings is 1. The maximum absolute atomic E-state index is 6.12. The second-order valence-corrected chi connectivity index (χ2v) is 6.39. The molecule has 1 aromatic carbocycles. The highest BCUT2D eigenvalue weighted by atomic mass is 15.3. The Morgan fingerprint density at radius 2 is 2.04 bits per heavy atom. The Bertz CT molecular complexity index is 813. The molecule has 3 heterocycles. The molecule has 0 radical (unpaired) electrons. The highest BCUT2D eigenvalue weighted by Crippen LogP contribution is 2.22. The molecule has 6 nitrogen and oxygen atoms in total. The van der Waals surface area contributed by atoms with Crippen molar-refractivity contribution < 1.29 is 0 Å². The number of fused-ring (bicyclic) bond motifs is 1. The number of nitrogens with two attached hydrogens (primary N) is 1. The van der Waals surface area contributed by atoms with E-state index in [-0.39, 0.29) is 0 Å². The molecular weight excluding hydrogens is 300 g/mol. The summed E-state index contributed by atoms with van der Waals surface area (Å²) in [6.45, 7) is 2.72. The molecule has 6 heteroatoms. The standard InChI is InChI=1S/C18H22N6/c19-18-15-7-1-2-8-16(15)21-17(22-18)13-23-10-4-3-6-14(23)12-24-11-5-9-20-24/h1-2,5,7-9,11,14H,3-4,6,10,12-13H2,(H2,19,21,22)/t14-/m0/s1. The Morgan fingerprint density at radius 1 is 1.12 bits per heavy atom. The van der Waals surface area contributed by atoms with Crippen molar-refractivity contribution in [2.24, 2.45) is 0 Å². The number of nitrogens with zero attached hydrogens (tertiary/aromatic N) is 5. The van der Waals surface area contributed by atoms with Gasteiger partial charge in [-0.1, -0.05) is 18.6 Å². The van der Waals surface area contributed by atoms with E-state index >= 15 is 0 Å². The molecule has 1 aliphatic rings. The molecule has 1 atom stereocenters. The molecule has 0 amide bonds. The van der Waals surface area contributed by atoms with Gasteiger partial charge in [0.25, 0.3) is 0 Å². The summed E-state index contributed by atoms with van der Waals surface area (Å²) < 4.78 is 2.01. The first-order valence-electron chi connectivity index (χ1n) is 8.52. The first kappa shape index (κ1) is 15.1. The molecule has 1 saturated heterocycles. The molecule has 2 aromatic heterocycles. The molecular formula is C18H22N6. The van der Waals surface area contributed by atoms with Crippen molar-refractivity contribution in [2.45, 2.75) is 38.4 Å². The van der Waals surface area contributed by atoms with E-state index in [0.29, 0.717) is 11.9 Å². The quantitative estimate of drug-likeness (QED) is 0.799. The number of rotatable bonds is 4. The van der Waals surface area contributed by atoms with Gasteiger partial charge >= 0.3 is 0 Å². The minimum atomic E-state index is 0.468. The fourth-order valence-corrected chi connectivity index (χ4v) is 3.50. The largest absolute Gasteiger partial charge is 0.383 e. The molecule has 4 rings (SSSR count). The summed E-state index contributed by atoms with van der Waals surface area (Å²) in [7, 11) is 0. The molecule has 124 valence electrons. The number of likely N-dealkylation sites (tertiary alicyclic amines) is 1. The Labute approximate surface area is 141 Å². The fraction of sp³-hybridized carbons (Fsp3) is 0.389. The van der Waals surface area contributed by atoms with Crippen molar-refractivity contribution in [1.29, 1.82) is 0 Å². The van der Waals surface area contributed by atoms with Crippen LogP contribution in [0.25, 0.3) is 10.9 Å². The van der Waals surface area contributed by atoms with E-state index in [4.69, 9.17) is 10.7 Å². The molecule has 0 saturated carbocycles. The predicted molar refractivity (Wildman–Crippen MR) is 94.2 cm³/mol. The van der Waals surface area contributed by atoms with Crippen LogP contribution in [0, 0.1) is 0 Å². The molecule has 0 unspecified atom stereocenters. The van der Waals surface area contributed by atoms with E-state index in [9.17, 15) is 0 Å². The summed E-state index contributed by atoms with van der Waals surface area (Å²) >= 11 is 0. The lowest BCUT2D eigenvalue weighted by Gasteiger charge is -2.35. The van der Waals surface area contributed by atoms with Crippen LogP contribution < -0.4 is 5.73 Å². The number of aromatic nitrogens is 4. The van der Waals surface area contributed by atoms with Crippen molar-refractivity contribution in [2.75, 3.05) is 12.3 Å². The van der Waals surface area contributed by atoms with Gasteiger partial charge in [0.05, 0.1) is 18.6 Å². The molecule has 24 heavy (non-hydrogen) atoms. The van der Waals surface area contributed by atoms with Crippen LogP contribution in [0.2, 0.25) is 0 Å². The Morgan fingerprint density at radius 3 is 2.92 bits per heavy atom. The molecule has 0 bridgehead atoms. The van der Waals surface area contributed by atoms with Gasteiger partial charge < -0.3 is 5.73 Å². The van der Waals surface area contributed by atoms with E-state index in [1.807, 2.05) is 47.4 Å². The third-order valence-electron chi connectivity index (χ3n) is 4.73. The fourth-order valence-electron chi connectivity index (χ4n) is 3.50. The number of nitrogen functional groups attached to an aromatic ring is 1. The molecule has 0 spiro atoms. The van der Waals surface area contributed by atoms with E-state index < -0.39 is 0 Å². The van der Waals surface area contributed by atoms with Crippen molar-refractivity contribution in [3.05, 3.63) is 48.5 Å². The molecule has 1 aliphatic heterocycles. The maximum atomic E-state index is 6.12. The highest BCUT2D eigenvalue weighted by Gasteiger charge is 2.24. The number of hydrogen-bond donors (Lipinski definition) is 1. The maximum Gasteiger partial charge on any atom is 0.145 e. The summed E-state index contributed by atoms with van der Waals surface area (Å²) in [4.78, 5) is 11.7. The van der Waals surface area contributed by atoms with Gasteiger partial charge in [-0.2, -0.15) is 5.10 Å². The van der Waals surface area contributed by atoms with Crippen LogP contribution >= 0.6 is 0 Å². The molecule has 3 aromatic rings. The Balaban J connectivity index is 1.56. The zero-order chi connectivity index (χ0) is 16.4. The van der Waals surface area contributed by atoms with E-state index in [1.54, 1.807) is 0 Å². The van der Waals surface area contributed by atoms with E-state index in [0.717, 1.165) is 36.4 Å². The highest BCUT2D eigenvalue weighted by molar-refractivity contribution is 5.87. The van der Waals surface area contributed by atoms with Crippen molar-refractivity contribution in [3.63, 3.8) is 0 Å². The van der Waals surface area contributed by atoms with Gasteiger partial charge in [0.2, 0.25) is 0 Å². The number of para-hydroxylation sites is 1. The van der Waals surface area contributed by atoms with Crippen LogP contribution in [0.5, 0.6) is 0 Å². The van der Waals surface area contributed by atoms with Crippen LogP contribution in [-0.2, 0) is 13.1 Å². The van der Waals surface area contributed by atoms with E-state index in [1.165, 1.54) is 19.3 Å². The monoisotopic (exact) mass is 322 g/mol. The summed E-state index contributed by atoms with van der Waals surface area (Å²) in [6.07, 6.45) is 7.53. The van der Waals surface area contributed by atoms with Gasteiger partial charge in [-0.25, -0.2) is 9.97 Å². The zero-order valence-electron chi connectivity index (χ0n) is 13.7. The lowest BCUT2D eigenvalue weighted by molar-refractivity contribution is 0.119. The lowest BCUT2D eigenvalue weighted by atomic mass is 10.0. The number of hydrogen-bond acceptors (Lipinski definition) is 5. The van der Waals surface area contributed by atoms with Gasteiger partial charge in [0.15, 0.2) is 0 Å². The van der Waals surface area contributed by atoms with Gasteiger partial charge in [0.1, 0.15) is 11.6 Å². The van der Waals surface area contributed by atoms with Crippen LogP contribution in [0.1, 0.15) is 25.1 Å². The van der Waals surface area contributed by atoms with Gasteiger partial charge in [0, 0.05) is 23.8 Å². The van der Waals surface area contributed by atoms with Gasteiger partial charge in [-0.15, -0.1) is 0 Å². The summed E-state index contributed by atoms with van der Waals surface area (Å²) in [5, 5.41) is 5.27. The Kier molecular flexibility index (Phi) is 4.13. The minimum Gasteiger partial charge on any atom is -0.383 e. The van der Waals surface area contributed by atoms with E-state index in [2.05, 4.69) is 15.0 Å². The second kappa shape index (κ2) is 6.57. The molecule has 0 aliphatic carbocycles. The zero-order valence-corrected chi connectivity index (χ0v) is 13.7. The summed E-state index contributed by atoms with van der Waals surface area (Å²) in [5.74, 6) is 1.37. The van der Waals surface area contributed by atoms with Gasteiger partial charge in [-0.3, -0.25) is 9.58 Å². The summed E-state index contributed by atoms with van der Waals surface area (Å²) in [6, 6.07) is 10.4. The number of anilines is 1. The lowest BCUT2D eigenvalue weighted by Crippen LogP contribution is -2.42. The first-order valence-corrected chi connectivity index (χ1v) is 8.52. The van der Waals surface area contributed by atoms with Crippen LogP contribution in [0.4, 0.5) is 5.82 Å². The predicted octanol–water partition coefficient (Wildman–Crippen LogP) is 2.46. The average Bonchev–Trinajstić information content (AvgIpc) is 3.10. The Hall–Kier alpha value is -2.47. The average molecular weight is 322 g/mol. The topological polar surface area (TPSA) is 72.9 Å². The number of benzene rings is 1. The van der Waals surface area contributed by atoms with Crippen molar-refractivity contribution >= 4 is 16.7 Å². The SMILES string of the molecule is Nc1nc(CN2CCCC[C@H]2Cn2cccn2)nc2ccccc12. The molecule has 2 N–H and O–H groups in total. The van der Waals surface area contributed by atoms with Crippen LogP contribution in [0.15, 0.2) is 42.7 Å². The third-order valence-corrected chi connectivity index (χ3v) is 4.73.